The van der Waals surface area contributed by atoms with Crippen LogP contribution < -0.4 is 0 Å². The summed E-state index contributed by atoms with van der Waals surface area (Å²) in [7, 11) is -3.86. The first-order valence-corrected chi connectivity index (χ1v) is 13.5. The fourth-order valence-electron chi connectivity index (χ4n) is 4.17. The smallest absolute Gasteiger partial charge is 0.196 e. The lowest BCUT2D eigenvalue weighted by molar-refractivity contribution is 0.422. The number of alkyl halides is 1. The molecule has 182 valence electrons. The van der Waals surface area contributed by atoms with E-state index in [0.29, 0.717) is 0 Å². The number of hydrogen-bond acceptors (Lipinski definition) is 3. The summed E-state index contributed by atoms with van der Waals surface area (Å²) >= 11 is 6.90. The Balaban J connectivity index is 2.30. The molecule has 0 saturated carbocycles. The molecule has 5 heteroatoms. The van der Waals surface area contributed by atoms with Crippen LogP contribution in [0.4, 0.5) is 0 Å². The summed E-state index contributed by atoms with van der Waals surface area (Å²) in [4.78, 5) is 0.199. The largest absolute Gasteiger partial charge is 0.507 e. The predicted molar refractivity (Wildman–Crippen MR) is 142 cm³/mol. The van der Waals surface area contributed by atoms with Crippen molar-refractivity contribution in [2.75, 3.05) is 0 Å². The third-order valence-electron chi connectivity index (χ3n) is 6.17. The number of benzene rings is 3. The minimum atomic E-state index is -3.86. The monoisotopic (exact) mass is 498 g/mol. The molecule has 0 aliphatic heterocycles. The zero-order chi connectivity index (χ0) is 25.5. The molecule has 34 heavy (non-hydrogen) atoms. The van der Waals surface area contributed by atoms with Gasteiger partial charge in [0.25, 0.3) is 0 Å². The first-order valence-electron chi connectivity index (χ1n) is 11.5. The Kier molecular flexibility index (Phi) is 7.27. The van der Waals surface area contributed by atoms with Gasteiger partial charge in [-0.15, -0.1) is 11.6 Å². The second-order valence-corrected chi connectivity index (χ2v) is 13.9. The van der Waals surface area contributed by atoms with Crippen molar-refractivity contribution >= 4 is 21.4 Å². The number of phenolic OH excluding ortho intramolecular Hbond substituents is 1. The van der Waals surface area contributed by atoms with Crippen LogP contribution in [0.3, 0.4) is 0 Å². The minimum absolute atomic E-state index is 0.199. The van der Waals surface area contributed by atoms with Crippen LogP contribution in [0.1, 0.15) is 75.3 Å². The second-order valence-electron chi connectivity index (χ2n) is 11.1. The molecular weight excluding hydrogens is 464 g/mol. The molecule has 3 aromatic carbocycles. The van der Waals surface area contributed by atoms with E-state index in [4.69, 9.17) is 11.6 Å². The van der Waals surface area contributed by atoms with E-state index in [0.717, 1.165) is 27.8 Å². The van der Waals surface area contributed by atoms with Gasteiger partial charge in [0.15, 0.2) is 14.5 Å². The molecule has 0 heterocycles. The van der Waals surface area contributed by atoms with Crippen LogP contribution in [0.15, 0.2) is 71.6 Å². The van der Waals surface area contributed by atoms with Gasteiger partial charge in [-0.1, -0.05) is 102 Å². The molecule has 0 spiro atoms. The molecule has 0 aliphatic rings. The van der Waals surface area contributed by atoms with Crippen molar-refractivity contribution in [1.82, 2.24) is 0 Å². The normalized spacial score (nSPS) is 14.6. The molecule has 1 N–H and O–H groups in total. The Bertz CT molecular complexity index is 1210. The van der Waals surface area contributed by atoms with E-state index in [1.165, 1.54) is 0 Å². The summed E-state index contributed by atoms with van der Waals surface area (Å²) in [6, 6.07) is 20.1. The average Bonchev–Trinajstić information content (AvgIpc) is 2.74. The maximum atomic E-state index is 13.7. The van der Waals surface area contributed by atoms with Crippen molar-refractivity contribution in [2.45, 2.75) is 74.8 Å². The molecule has 3 nitrogen and oxygen atoms in total. The van der Waals surface area contributed by atoms with Crippen LogP contribution in [-0.4, -0.2) is 18.2 Å². The van der Waals surface area contributed by atoms with Crippen LogP contribution in [0.2, 0.25) is 0 Å². The van der Waals surface area contributed by atoms with Gasteiger partial charge in [-0.05, 0) is 52.1 Å². The van der Waals surface area contributed by atoms with Gasteiger partial charge in [-0.25, -0.2) is 8.42 Å². The molecule has 0 aliphatic carbocycles. The maximum absolute atomic E-state index is 13.7. The Morgan fingerprint density at radius 3 is 1.68 bits per heavy atom. The number of halogens is 1. The highest BCUT2D eigenvalue weighted by atomic mass is 35.5. The highest BCUT2D eigenvalue weighted by Crippen LogP contribution is 2.44. The SMILES string of the molecule is Cc1ccc(S(=O)(=O)C(Cl)C(c2ccccc2)c2cc(C(C)(C)C)c(O)c(C(C)(C)C)c2)cc1. The number of rotatable bonds is 5. The van der Waals surface area contributed by atoms with Gasteiger partial charge < -0.3 is 5.11 Å². The fraction of sp³-hybridized carbons (Fsp3) is 0.379. The van der Waals surface area contributed by atoms with Crippen LogP contribution in [0.25, 0.3) is 0 Å². The molecule has 2 atom stereocenters. The predicted octanol–water partition coefficient (Wildman–Crippen LogP) is 7.47. The number of hydrogen-bond donors (Lipinski definition) is 1. The molecule has 2 unspecified atom stereocenters. The second kappa shape index (κ2) is 9.39. The van der Waals surface area contributed by atoms with Crippen molar-refractivity contribution in [2.24, 2.45) is 0 Å². The van der Waals surface area contributed by atoms with E-state index in [-0.39, 0.29) is 21.5 Å². The summed E-state index contributed by atoms with van der Waals surface area (Å²) in [5.41, 5.74) is 3.41. The lowest BCUT2D eigenvalue weighted by atomic mass is 9.76. The van der Waals surface area contributed by atoms with Crippen LogP contribution in [-0.2, 0) is 20.7 Å². The van der Waals surface area contributed by atoms with E-state index in [1.807, 2.05) is 90.9 Å². The molecule has 0 aromatic heterocycles. The summed E-state index contributed by atoms with van der Waals surface area (Å²) in [6.45, 7) is 14.1. The molecule has 0 fully saturated rings. The third-order valence-corrected chi connectivity index (χ3v) is 8.92. The molecule has 0 bridgehead atoms. The van der Waals surface area contributed by atoms with Crippen LogP contribution >= 0.6 is 11.6 Å². The first-order chi connectivity index (χ1) is 15.6. The zero-order valence-corrected chi connectivity index (χ0v) is 22.6. The van der Waals surface area contributed by atoms with E-state index < -0.39 is 20.5 Å². The van der Waals surface area contributed by atoms with Crippen molar-refractivity contribution in [3.05, 3.63) is 94.5 Å². The average molecular weight is 499 g/mol. The first kappa shape index (κ1) is 26.3. The summed E-state index contributed by atoms with van der Waals surface area (Å²) in [5, 5.41) is 11.2. The topological polar surface area (TPSA) is 54.4 Å². The molecule has 3 rings (SSSR count). The maximum Gasteiger partial charge on any atom is 0.196 e. The fourth-order valence-corrected chi connectivity index (χ4v) is 6.22. The number of phenols is 1. The Labute approximate surface area is 209 Å². The van der Waals surface area contributed by atoms with E-state index in [1.54, 1.807) is 24.3 Å². The summed E-state index contributed by atoms with van der Waals surface area (Å²) in [6.07, 6.45) is 0. The van der Waals surface area contributed by atoms with Crippen LogP contribution in [0.5, 0.6) is 5.75 Å². The van der Waals surface area contributed by atoms with Gasteiger partial charge in [0.1, 0.15) is 5.75 Å². The summed E-state index contributed by atoms with van der Waals surface area (Å²) in [5.74, 6) is -0.375. The molecule has 0 amide bonds. The van der Waals surface area contributed by atoms with E-state index in [9.17, 15) is 13.5 Å². The van der Waals surface area contributed by atoms with Gasteiger partial charge in [-0.2, -0.15) is 0 Å². The van der Waals surface area contributed by atoms with Gasteiger partial charge >= 0.3 is 0 Å². The van der Waals surface area contributed by atoms with Gasteiger partial charge in [0.2, 0.25) is 0 Å². The van der Waals surface area contributed by atoms with Gasteiger partial charge in [0.05, 0.1) is 4.90 Å². The Morgan fingerprint density at radius 2 is 1.24 bits per heavy atom. The Hall–Kier alpha value is -2.30. The minimum Gasteiger partial charge on any atom is -0.507 e. The third kappa shape index (κ3) is 5.34. The van der Waals surface area contributed by atoms with Crippen molar-refractivity contribution in [3.8, 4) is 5.75 Å². The molecule has 0 saturated heterocycles. The van der Waals surface area contributed by atoms with E-state index in [2.05, 4.69) is 0 Å². The molecular formula is C29H35ClO3S. The van der Waals surface area contributed by atoms with E-state index >= 15 is 0 Å². The zero-order valence-electron chi connectivity index (χ0n) is 21.1. The van der Waals surface area contributed by atoms with Crippen molar-refractivity contribution in [1.29, 1.82) is 0 Å². The lowest BCUT2D eigenvalue weighted by Crippen LogP contribution is -2.26. The quantitative estimate of drug-likeness (QED) is 0.371. The number of sulfone groups is 1. The summed E-state index contributed by atoms with van der Waals surface area (Å²) < 4.78 is 26.1. The van der Waals surface area contributed by atoms with Crippen LogP contribution in [0, 0.1) is 6.92 Å². The lowest BCUT2D eigenvalue weighted by Gasteiger charge is -2.31. The standard InChI is InChI=1S/C29H35ClO3S/c1-19-13-15-22(16-14-19)34(32,33)27(30)25(20-11-9-8-10-12-20)21-17-23(28(2,3)4)26(31)24(18-21)29(5,6)7/h8-18,25,27,31H,1-7H3. The number of aromatic hydroxyl groups is 1. The van der Waals surface area contributed by atoms with Gasteiger partial charge in [0, 0.05) is 5.92 Å². The Morgan fingerprint density at radius 1 is 0.765 bits per heavy atom. The highest BCUT2D eigenvalue weighted by Gasteiger charge is 2.37. The highest BCUT2D eigenvalue weighted by molar-refractivity contribution is 7.93. The van der Waals surface area contributed by atoms with Crippen molar-refractivity contribution < 1.29 is 13.5 Å². The molecule has 3 aromatic rings. The van der Waals surface area contributed by atoms with Crippen molar-refractivity contribution in [3.63, 3.8) is 0 Å². The molecule has 0 radical (unpaired) electrons. The van der Waals surface area contributed by atoms with Gasteiger partial charge in [-0.3, -0.25) is 0 Å². The number of aryl methyl sites for hydroxylation is 1.